The van der Waals surface area contributed by atoms with Crippen molar-refractivity contribution in [1.29, 1.82) is 0 Å². The molecule has 15 heavy (non-hydrogen) atoms. The molecule has 82 valence electrons. The molecule has 4 heteroatoms. The Bertz CT molecular complexity index is 317. The van der Waals surface area contributed by atoms with Crippen molar-refractivity contribution in [3.8, 4) is 0 Å². The van der Waals surface area contributed by atoms with Gasteiger partial charge < -0.3 is 4.74 Å². The second-order valence-corrected chi connectivity index (χ2v) is 4.87. The number of hydrogen-bond acceptors (Lipinski definition) is 4. The van der Waals surface area contributed by atoms with Gasteiger partial charge in [0, 0.05) is 23.7 Å². The standard InChI is InChI=1S/C11H16N2OS/c1-8-6-9(2)13-11(12-8)15-7-10-4-3-5-14-10/h6,10H,3-5,7H2,1-2H3. The molecule has 2 rings (SSSR count). The van der Waals surface area contributed by atoms with Gasteiger partial charge in [-0.2, -0.15) is 0 Å². The summed E-state index contributed by atoms with van der Waals surface area (Å²) in [5.41, 5.74) is 2.08. The number of nitrogens with zero attached hydrogens (tertiary/aromatic N) is 2. The van der Waals surface area contributed by atoms with E-state index < -0.39 is 0 Å². The summed E-state index contributed by atoms with van der Waals surface area (Å²) in [6.45, 7) is 4.93. The minimum absolute atomic E-state index is 0.402. The van der Waals surface area contributed by atoms with Gasteiger partial charge in [0.25, 0.3) is 0 Å². The number of ether oxygens (including phenoxy) is 1. The van der Waals surface area contributed by atoms with Crippen LogP contribution in [-0.4, -0.2) is 28.4 Å². The largest absolute Gasteiger partial charge is 0.377 e. The van der Waals surface area contributed by atoms with Crippen molar-refractivity contribution < 1.29 is 4.74 Å². The molecule has 1 saturated heterocycles. The van der Waals surface area contributed by atoms with Crippen molar-refractivity contribution in [3.05, 3.63) is 17.5 Å². The Labute approximate surface area is 94.7 Å². The van der Waals surface area contributed by atoms with Gasteiger partial charge in [-0.25, -0.2) is 9.97 Å². The lowest BCUT2D eigenvalue weighted by Crippen LogP contribution is -2.08. The smallest absolute Gasteiger partial charge is 0.188 e. The lowest BCUT2D eigenvalue weighted by molar-refractivity contribution is 0.129. The van der Waals surface area contributed by atoms with Crippen LogP contribution in [0.25, 0.3) is 0 Å². The molecular weight excluding hydrogens is 208 g/mol. The SMILES string of the molecule is Cc1cc(C)nc(SCC2CCCO2)n1. The van der Waals surface area contributed by atoms with Crippen LogP contribution in [0.2, 0.25) is 0 Å². The predicted octanol–water partition coefficient (Wildman–Crippen LogP) is 2.36. The molecule has 1 fully saturated rings. The molecule has 2 heterocycles. The van der Waals surface area contributed by atoms with Crippen LogP contribution in [0.5, 0.6) is 0 Å². The highest BCUT2D eigenvalue weighted by Crippen LogP contribution is 2.21. The third-order valence-electron chi connectivity index (χ3n) is 2.38. The lowest BCUT2D eigenvalue weighted by atomic mass is 10.3. The van der Waals surface area contributed by atoms with Crippen molar-refractivity contribution in [1.82, 2.24) is 9.97 Å². The number of thioether (sulfide) groups is 1. The average molecular weight is 224 g/mol. The maximum absolute atomic E-state index is 5.56. The van der Waals surface area contributed by atoms with E-state index in [1.165, 1.54) is 12.8 Å². The van der Waals surface area contributed by atoms with Gasteiger partial charge in [0.1, 0.15) is 0 Å². The van der Waals surface area contributed by atoms with E-state index in [1.54, 1.807) is 11.8 Å². The van der Waals surface area contributed by atoms with E-state index in [2.05, 4.69) is 9.97 Å². The fraction of sp³-hybridized carbons (Fsp3) is 0.636. The first-order valence-corrected chi connectivity index (χ1v) is 6.29. The van der Waals surface area contributed by atoms with Crippen LogP contribution in [-0.2, 0) is 4.74 Å². The zero-order valence-electron chi connectivity index (χ0n) is 9.19. The van der Waals surface area contributed by atoms with E-state index in [9.17, 15) is 0 Å². The van der Waals surface area contributed by atoms with Gasteiger partial charge >= 0.3 is 0 Å². The topological polar surface area (TPSA) is 35.0 Å². The Hall–Kier alpha value is -0.610. The maximum atomic E-state index is 5.56. The molecule has 1 atom stereocenters. The Morgan fingerprint density at radius 1 is 1.40 bits per heavy atom. The quantitative estimate of drug-likeness (QED) is 0.583. The summed E-state index contributed by atoms with van der Waals surface area (Å²) in [5, 5.41) is 0.878. The molecule has 0 radical (unpaired) electrons. The normalized spacial score (nSPS) is 20.8. The molecule has 0 bridgehead atoms. The molecule has 0 aromatic carbocycles. The molecule has 0 saturated carbocycles. The second-order valence-electron chi connectivity index (χ2n) is 3.88. The van der Waals surface area contributed by atoms with E-state index in [4.69, 9.17) is 4.74 Å². The van der Waals surface area contributed by atoms with Crippen LogP contribution in [0.4, 0.5) is 0 Å². The summed E-state index contributed by atoms with van der Waals surface area (Å²) in [4.78, 5) is 8.78. The Kier molecular flexibility index (Phi) is 3.59. The zero-order chi connectivity index (χ0) is 10.7. The summed E-state index contributed by atoms with van der Waals surface area (Å²) in [6.07, 6.45) is 2.77. The molecule has 3 nitrogen and oxygen atoms in total. The van der Waals surface area contributed by atoms with Crippen LogP contribution in [0.3, 0.4) is 0 Å². The predicted molar refractivity (Wildman–Crippen MR) is 61.2 cm³/mol. The van der Waals surface area contributed by atoms with E-state index >= 15 is 0 Å². The average Bonchev–Trinajstić information content (AvgIpc) is 2.65. The third kappa shape index (κ3) is 3.18. The van der Waals surface area contributed by atoms with E-state index in [0.717, 1.165) is 28.9 Å². The van der Waals surface area contributed by atoms with E-state index in [-0.39, 0.29) is 0 Å². The van der Waals surface area contributed by atoms with Crippen LogP contribution < -0.4 is 0 Å². The Balaban J connectivity index is 1.92. The number of aryl methyl sites for hydroxylation is 2. The van der Waals surface area contributed by atoms with Crippen molar-refractivity contribution in [2.75, 3.05) is 12.4 Å². The lowest BCUT2D eigenvalue weighted by Gasteiger charge is -2.08. The number of rotatable bonds is 3. The fourth-order valence-corrected chi connectivity index (χ4v) is 2.72. The monoisotopic (exact) mass is 224 g/mol. The van der Waals surface area contributed by atoms with Gasteiger partial charge in [-0.1, -0.05) is 11.8 Å². The molecule has 0 spiro atoms. The minimum atomic E-state index is 0.402. The first kappa shape index (κ1) is 10.9. The fourth-order valence-electron chi connectivity index (χ4n) is 1.70. The van der Waals surface area contributed by atoms with Crippen LogP contribution in [0, 0.1) is 13.8 Å². The van der Waals surface area contributed by atoms with E-state index in [0.29, 0.717) is 6.10 Å². The molecular formula is C11H16N2OS. The molecule has 1 aliphatic heterocycles. The Morgan fingerprint density at radius 3 is 2.73 bits per heavy atom. The maximum Gasteiger partial charge on any atom is 0.188 e. The Morgan fingerprint density at radius 2 is 2.13 bits per heavy atom. The van der Waals surface area contributed by atoms with Gasteiger partial charge in [0.05, 0.1) is 6.10 Å². The molecule has 0 N–H and O–H groups in total. The van der Waals surface area contributed by atoms with Gasteiger partial charge in [0.2, 0.25) is 0 Å². The molecule has 0 amide bonds. The van der Waals surface area contributed by atoms with Crippen molar-refractivity contribution >= 4 is 11.8 Å². The molecule has 1 aliphatic rings. The second kappa shape index (κ2) is 4.94. The van der Waals surface area contributed by atoms with Crippen molar-refractivity contribution in [2.45, 2.75) is 37.9 Å². The molecule has 1 aromatic heterocycles. The summed E-state index contributed by atoms with van der Waals surface area (Å²) in [5.74, 6) is 0.975. The van der Waals surface area contributed by atoms with Gasteiger partial charge in [-0.15, -0.1) is 0 Å². The zero-order valence-corrected chi connectivity index (χ0v) is 10.0. The number of hydrogen-bond donors (Lipinski definition) is 0. The first-order valence-electron chi connectivity index (χ1n) is 5.31. The number of aromatic nitrogens is 2. The van der Waals surface area contributed by atoms with Crippen molar-refractivity contribution in [2.24, 2.45) is 0 Å². The summed E-state index contributed by atoms with van der Waals surface area (Å²) < 4.78 is 5.56. The van der Waals surface area contributed by atoms with Gasteiger partial charge in [-0.05, 0) is 32.8 Å². The summed E-state index contributed by atoms with van der Waals surface area (Å²) in [7, 11) is 0. The molecule has 1 unspecified atom stereocenters. The highest BCUT2D eigenvalue weighted by Gasteiger charge is 2.16. The highest BCUT2D eigenvalue weighted by molar-refractivity contribution is 7.99. The minimum Gasteiger partial charge on any atom is -0.377 e. The van der Waals surface area contributed by atoms with Gasteiger partial charge in [-0.3, -0.25) is 0 Å². The van der Waals surface area contributed by atoms with Crippen molar-refractivity contribution in [3.63, 3.8) is 0 Å². The molecule has 0 aliphatic carbocycles. The van der Waals surface area contributed by atoms with E-state index in [1.807, 2.05) is 19.9 Å². The van der Waals surface area contributed by atoms with Gasteiger partial charge in [0.15, 0.2) is 5.16 Å². The van der Waals surface area contributed by atoms with Crippen LogP contribution in [0.15, 0.2) is 11.2 Å². The van der Waals surface area contributed by atoms with Crippen LogP contribution >= 0.6 is 11.8 Å². The molecule has 1 aromatic rings. The highest BCUT2D eigenvalue weighted by atomic mass is 32.2. The summed E-state index contributed by atoms with van der Waals surface area (Å²) in [6, 6.07) is 2.00. The first-order chi connectivity index (χ1) is 7.24. The van der Waals surface area contributed by atoms with Crippen LogP contribution in [0.1, 0.15) is 24.2 Å². The summed E-state index contributed by atoms with van der Waals surface area (Å²) >= 11 is 1.70. The third-order valence-corrected chi connectivity index (χ3v) is 3.36.